The Morgan fingerprint density at radius 2 is 2.29 bits per heavy atom. The fraction of sp³-hybridized carbons (Fsp3) is 0.455. The summed E-state index contributed by atoms with van der Waals surface area (Å²) in [6.45, 7) is 3.32. The molecule has 1 atom stereocenters. The van der Waals surface area contributed by atoms with E-state index in [0.717, 1.165) is 0 Å². The molecule has 0 aromatic heterocycles. The van der Waals surface area contributed by atoms with E-state index in [1.807, 2.05) is 6.07 Å². The van der Waals surface area contributed by atoms with Crippen LogP contribution in [0.15, 0.2) is 24.3 Å². The van der Waals surface area contributed by atoms with Crippen molar-refractivity contribution >= 4 is 0 Å². The van der Waals surface area contributed by atoms with E-state index in [9.17, 15) is 0 Å². The number of hydrogen-bond donors (Lipinski definition) is 3. The summed E-state index contributed by atoms with van der Waals surface area (Å²) in [6.07, 6.45) is 0. The van der Waals surface area contributed by atoms with Crippen LogP contribution in [0.25, 0.3) is 0 Å². The first-order valence-corrected chi connectivity index (χ1v) is 4.88. The summed E-state index contributed by atoms with van der Waals surface area (Å²) >= 11 is 0. The van der Waals surface area contributed by atoms with E-state index in [1.165, 1.54) is 11.1 Å². The third-order valence-electron chi connectivity index (χ3n) is 2.18. The highest BCUT2D eigenvalue weighted by molar-refractivity contribution is 5.25. The Balaban J connectivity index is 2.68. The fourth-order valence-electron chi connectivity index (χ4n) is 1.46. The molecule has 1 rings (SSSR count). The van der Waals surface area contributed by atoms with Gasteiger partial charge in [0.25, 0.3) is 0 Å². The predicted octanol–water partition coefficient (Wildman–Crippen LogP) is 0.577. The minimum atomic E-state index is 0.141. The van der Waals surface area contributed by atoms with Crippen LogP contribution in [-0.2, 0) is 0 Å². The zero-order valence-electron chi connectivity index (χ0n) is 8.53. The average molecular weight is 194 g/mol. The van der Waals surface area contributed by atoms with Crippen molar-refractivity contribution in [1.29, 1.82) is 0 Å². The number of nitrogens with two attached hydrogens (primary N) is 1. The van der Waals surface area contributed by atoms with Crippen LogP contribution in [0.5, 0.6) is 0 Å². The molecule has 0 aliphatic heterocycles. The Morgan fingerprint density at radius 3 is 2.86 bits per heavy atom. The zero-order valence-corrected chi connectivity index (χ0v) is 8.53. The zero-order chi connectivity index (χ0) is 10.4. The van der Waals surface area contributed by atoms with Crippen molar-refractivity contribution in [1.82, 2.24) is 5.32 Å². The van der Waals surface area contributed by atoms with Gasteiger partial charge in [-0.25, -0.2) is 0 Å². The predicted molar refractivity (Wildman–Crippen MR) is 58.1 cm³/mol. The molecular weight excluding hydrogens is 176 g/mol. The lowest BCUT2D eigenvalue weighted by molar-refractivity contribution is 0.285. The molecule has 0 amide bonds. The van der Waals surface area contributed by atoms with E-state index in [-0.39, 0.29) is 12.6 Å². The average Bonchev–Trinajstić information content (AvgIpc) is 2.19. The molecule has 1 aromatic carbocycles. The quantitative estimate of drug-likeness (QED) is 0.642. The molecule has 0 bridgehead atoms. The number of hydrogen-bond acceptors (Lipinski definition) is 3. The SMILES string of the molecule is Cc1cccc(C(CN)NCCO)c1. The third-order valence-corrected chi connectivity index (χ3v) is 2.18. The van der Waals surface area contributed by atoms with Gasteiger partial charge >= 0.3 is 0 Å². The Hall–Kier alpha value is -0.900. The molecule has 0 heterocycles. The van der Waals surface area contributed by atoms with Crippen LogP contribution in [-0.4, -0.2) is 24.8 Å². The number of nitrogens with one attached hydrogen (secondary N) is 1. The molecule has 0 fully saturated rings. The van der Waals surface area contributed by atoms with E-state index in [2.05, 4.69) is 30.4 Å². The molecule has 78 valence electrons. The van der Waals surface area contributed by atoms with Crippen molar-refractivity contribution in [3.05, 3.63) is 35.4 Å². The molecule has 3 nitrogen and oxygen atoms in total. The lowest BCUT2D eigenvalue weighted by atomic mass is 10.0. The number of aryl methyl sites for hydroxylation is 1. The van der Waals surface area contributed by atoms with Gasteiger partial charge in [-0.15, -0.1) is 0 Å². The highest BCUT2D eigenvalue weighted by Crippen LogP contribution is 2.12. The maximum atomic E-state index is 8.71. The molecule has 1 aromatic rings. The molecule has 0 aliphatic rings. The van der Waals surface area contributed by atoms with Crippen LogP contribution in [0.2, 0.25) is 0 Å². The molecular formula is C11H18N2O. The van der Waals surface area contributed by atoms with Crippen LogP contribution < -0.4 is 11.1 Å². The van der Waals surface area contributed by atoms with Gasteiger partial charge in [0.1, 0.15) is 0 Å². The molecule has 0 saturated carbocycles. The smallest absolute Gasteiger partial charge is 0.0556 e. The highest BCUT2D eigenvalue weighted by atomic mass is 16.3. The maximum absolute atomic E-state index is 8.71. The summed E-state index contributed by atoms with van der Waals surface area (Å²) in [6, 6.07) is 8.38. The maximum Gasteiger partial charge on any atom is 0.0556 e. The first-order chi connectivity index (χ1) is 6.77. The highest BCUT2D eigenvalue weighted by Gasteiger charge is 2.07. The van der Waals surface area contributed by atoms with Crippen LogP contribution in [0.4, 0.5) is 0 Å². The molecule has 0 spiro atoms. The molecule has 1 unspecified atom stereocenters. The van der Waals surface area contributed by atoms with Gasteiger partial charge in [-0.1, -0.05) is 29.8 Å². The Labute approximate surface area is 84.9 Å². The van der Waals surface area contributed by atoms with Crippen molar-refractivity contribution in [3.63, 3.8) is 0 Å². The lowest BCUT2D eigenvalue weighted by Crippen LogP contribution is -2.30. The summed E-state index contributed by atoms with van der Waals surface area (Å²) in [7, 11) is 0. The second kappa shape index (κ2) is 5.75. The minimum Gasteiger partial charge on any atom is -0.395 e. The van der Waals surface area contributed by atoms with Gasteiger partial charge in [-0.05, 0) is 12.5 Å². The summed E-state index contributed by atoms with van der Waals surface area (Å²) in [4.78, 5) is 0. The Bertz CT molecular complexity index is 276. The van der Waals surface area contributed by atoms with Gasteiger partial charge in [0.15, 0.2) is 0 Å². The van der Waals surface area contributed by atoms with Crippen molar-refractivity contribution in [2.24, 2.45) is 5.73 Å². The van der Waals surface area contributed by atoms with Crippen molar-refractivity contribution < 1.29 is 5.11 Å². The third kappa shape index (κ3) is 3.10. The molecule has 4 N–H and O–H groups in total. The van der Waals surface area contributed by atoms with Gasteiger partial charge in [0.05, 0.1) is 6.61 Å². The molecule has 0 aliphatic carbocycles. The van der Waals surface area contributed by atoms with E-state index >= 15 is 0 Å². The monoisotopic (exact) mass is 194 g/mol. The van der Waals surface area contributed by atoms with E-state index < -0.39 is 0 Å². The fourth-order valence-corrected chi connectivity index (χ4v) is 1.46. The second-order valence-electron chi connectivity index (χ2n) is 3.38. The first kappa shape index (κ1) is 11.2. The number of benzene rings is 1. The summed E-state index contributed by atoms with van der Waals surface area (Å²) in [5, 5.41) is 11.9. The molecule has 14 heavy (non-hydrogen) atoms. The molecule has 0 radical (unpaired) electrons. The minimum absolute atomic E-state index is 0.141. The summed E-state index contributed by atoms with van der Waals surface area (Å²) < 4.78 is 0. The number of aliphatic hydroxyl groups excluding tert-OH is 1. The topological polar surface area (TPSA) is 58.3 Å². The van der Waals surface area contributed by atoms with Gasteiger partial charge < -0.3 is 16.2 Å². The number of rotatable bonds is 5. The van der Waals surface area contributed by atoms with Gasteiger partial charge in [0, 0.05) is 19.1 Å². The van der Waals surface area contributed by atoms with Crippen LogP contribution in [0, 0.1) is 6.92 Å². The standard InChI is InChI=1S/C11H18N2O/c1-9-3-2-4-10(7-9)11(8-12)13-5-6-14/h2-4,7,11,13-14H,5-6,8,12H2,1H3. The molecule has 3 heteroatoms. The van der Waals surface area contributed by atoms with E-state index in [0.29, 0.717) is 13.1 Å². The second-order valence-corrected chi connectivity index (χ2v) is 3.38. The first-order valence-electron chi connectivity index (χ1n) is 4.88. The van der Waals surface area contributed by atoms with Crippen molar-refractivity contribution in [3.8, 4) is 0 Å². The number of aliphatic hydroxyl groups is 1. The van der Waals surface area contributed by atoms with Gasteiger partial charge in [-0.2, -0.15) is 0 Å². The normalized spacial score (nSPS) is 12.8. The van der Waals surface area contributed by atoms with Gasteiger partial charge in [-0.3, -0.25) is 0 Å². The van der Waals surface area contributed by atoms with E-state index in [4.69, 9.17) is 10.8 Å². The lowest BCUT2D eigenvalue weighted by Gasteiger charge is -2.16. The largest absolute Gasteiger partial charge is 0.395 e. The molecule has 0 saturated heterocycles. The Kier molecular flexibility index (Phi) is 4.59. The van der Waals surface area contributed by atoms with Crippen molar-refractivity contribution in [2.75, 3.05) is 19.7 Å². The Morgan fingerprint density at radius 1 is 1.50 bits per heavy atom. The summed E-state index contributed by atoms with van der Waals surface area (Å²) in [5.74, 6) is 0. The van der Waals surface area contributed by atoms with E-state index in [1.54, 1.807) is 0 Å². The van der Waals surface area contributed by atoms with Gasteiger partial charge in [0.2, 0.25) is 0 Å². The van der Waals surface area contributed by atoms with Crippen LogP contribution in [0.3, 0.4) is 0 Å². The van der Waals surface area contributed by atoms with Crippen molar-refractivity contribution in [2.45, 2.75) is 13.0 Å². The summed E-state index contributed by atoms with van der Waals surface area (Å²) in [5.41, 5.74) is 8.06. The van der Waals surface area contributed by atoms with Crippen LogP contribution >= 0.6 is 0 Å². The van der Waals surface area contributed by atoms with Crippen LogP contribution in [0.1, 0.15) is 17.2 Å².